The van der Waals surface area contributed by atoms with E-state index in [1.807, 2.05) is 36.1 Å². The van der Waals surface area contributed by atoms with E-state index in [2.05, 4.69) is 4.90 Å². The number of ether oxygens (including phenoxy) is 2. The number of benzene rings is 1. The summed E-state index contributed by atoms with van der Waals surface area (Å²) in [6.07, 6.45) is 5.80. The minimum atomic E-state index is -0.140. The summed E-state index contributed by atoms with van der Waals surface area (Å²) in [5, 5.41) is 0. The van der Waals surface area contributed by atoms with Crippen molar-refractivity contribution in [3.8, 4) is 5.75 Å². The molecule has 3 aliphatic heterocycles. The maximum atomic E-state index is 13.0. The molecule has 2 atom stereocenters. The summed E-state index contributed by atoms with van der Waals surface area (Å²) < 4.78 is 11.8. The predicted molar refractivity (Wildman–Crippen MR) is 101 cm³/mol. The average Bonchev–Trinajstić information content (AvgIpc) is 3.33. The minimum Gasteiger partial charge on any atom is -0.494 e. The summed E-state index contributed by atoms with van der Waals surface area (Å²) in [6, 6.07) is 8.15. The molecule has 1 spiro atoms. The van der Waals surface area contributed by atoms with Crippen molar-refractivity contribution in [2.75, 3.05) is 39.4 Å². The van der Waals surface area contributed by atoms with Gasteiger partial charge in [-0.3, -0.25) is 4.79 Å². The molecule has 0 saturated carbocycles. The minimum absolute atomic E-state index is 0.0929. The first-order valence-corrected chi connectivity index (χ1v) is 10.1. The first-order valence-electron chi connectivity index (χ1n) is 10.1. The second-order valence-corrected chi connectivity index (χ2v) is 7.86. The number of hydrogen-bond acceptors (Lipinski definition) is 4. The fourth-order valence-electron chi connectivity index (χ4n) is 4.79. The Balaban J connectivity index is 1.42. The van der Waals surface area contributed by atoms with Gasteiger partial charge < -0.3 is 19.3 Å². The van der Waals surface area contributed by atoms with Crippen molar-refractivity contribution in [1.29, 1.82) is 0 Å². The topological polar surface area (TPSA) is 42.0 Å². The van der Waals surface area contributed by atoms with Crippen LogP contribution in [0.4, 0.5) is 0 Å². The molecule has 0 aliphatic carbocycles. The standard InChI is InChI=1S/C21H30N2O3/c1-2-25-19-7-5-6-17(14-19)20(24)23-12-9-21(16-23)15-18(8-13-26-21)22-10-3-4-11-22/h5-7,14,18H,2-4,8-13,15-16H2,1H3/t18-,21+/m0/s1. The molecule has 3 fully saturated rings. The van der Waals surface area contributed by atoms with Crippen molar-refractivity contribution in [2.24, 2.45) is 0 Å². The van der Waals surface area contributed by atoms with E-state index >= 15 is 0 Å². The third kappa shape index (κ3) is 3.60. The molecule has 142 valence electrons. The largest absolute Gasteiger partial charge is 0.494 e. The van der Waals surface area contributed by atoms with E-state index in [1.54, 1.807) is 0 Å². The molecule has 3 aliphatic rings. The average molecular weight is 358 g/mol. The second kappa shape index (κ2) is 7.57. The van der Waals surface area contributed by atoms with E-state index in [9.17, 15) is 4.79 Å². The quantitative estimate of drug-likeness (QED) is 0.830. The first-order chi connectivity index (χ1) is 12.7. The van der Waals surface area contributed by atoms with Crippen LogP contribution >= 0.6 is 0 Å². The zero-order valence-electron chi connectivity index (χ0n) is 15.8. The molecule has 0 radical (unpaired) electrons. The number of carbonyl (C=O) groups excluding carboxylic acids is 1. The van der Waals surface area contributed by atoms with Crippen LogP contribution in [0.25, 0.3) is 0 Å². The van der Waals surface area contributed by atoms with Crippen molar-refractivity contribution in [1.82, 2.24) is 9.80 Å². The summed E-state index contributed by atoms with van der Waals surface area (Å²) in [4.78, 5) is 17.6. The molecule has 5 heteroatoms. The molecule has 0 N–H and O–H groups in total. The van der Waals surface area contributed by atoms with Crippen LogP contribution in [0.2, 0.25) is 0 Å². The SMILES string of the molecule is CCOc1cccc(C(=O)N2CC[C@@]3(C[C@@H](N4CCCC4)CCO3)C2)c1. The molecule has 0 bridgehead atoms. The molecule has 0 unspecified atom stereocenters. The predicted octanol–water partition coefficient (Wildman–Crippen LogP) is 2.94. The summed E-state index contributed by atoms with van der Waals surface area (Å²) >= 11 is 0. The third-order valence-electron chi connectivity index (χ3n) is 6.12. The fourth-order valence-corrected chi connectivity index (χ4v) is 4.79. The van der Waals surface area contributed by atoms with Crippen molar-refractivity contribution >= 4 is 5.91 Å². The molecule has 0 aromatic heterocycles. The van der Waals surface area contributed by atoms with Crippen LogP contribution in [-0.4, -0.2) is 66.7 Å². The molecule has 26 heavy (non-hydrogen) atoms. The van der Waals surface area contributed by atoms with Crippen molar-refractivity contribution in [3.63, 3.8) is 0 Å². The number of carbonyl (C=O) groups is 1. The van der Waals surface area contributed by atoms with Crippen LogP contribution in [0.15, 0.2) is 24.3 Å². The maximum absolute atomic E-state index is 13.0. The van der Waals surface area contributed by atoms with Crippen molar-refractivity contribution in [2.45, 2.75) is 50.7 Å². The van der Waals surface area contributed by atoms with Gasteiger partial charge in [-0.05, 0) is 70.3 Å². The van der Waals surface area contributed by atoms with Crippen molar-refractivity contribution in [3.05, 3.63) is 29.8 Å². The first kappa shape index (κ1) is 17.8. The summed E-state index contributed by atoms with van der Waals surface area (Å²) in [5.74, 6) is 0.852. The lowest BCUT2D eigenvalue weighted by Gasteiger charge is -2.41. The highest BCUT2D eigenvalue weighted by Crippen LogP contribution is 2.37. The Bertz CT molecular complexity index is 644. The Morgan fingerprint density at radius 3 is 2.96 bits per heavy atom. The maximum Gasteiger partial charge on any atom is 0.254 e. The molecule has 3 saturated heterocycles. The van der Waals surface area contributed by atoms with E-state index < -0.39 is 0 Å². The van der Waals surface area contributed by atoms with Gasteiger partial charge in [0.25, 0.3) is 5.91 Å². The number of nitrogens with zero attached hydrogens (tertiary/aromatic N) is 2. The highest BCUT2D eigenvalue weighted by Gasteiger charge is 2.46. The molecule has 5 nitrogen and oxygen atoms in total. The number of likely N-dealkylation sites (tertiary alicyclic amines) is 2. The molecule has 4 rings (SSSR count). The number of amides is 1. The van der Waals surface area contributed by atoms with Gasteiger partial charge in [0.15, 0.2) is 0 Å². The fraction of sp³-hybridized carbons (Fsp3) is 0.667. The van der Waals surface area contributed by atoms with Crippen LogP contribution in [0.3, 0.4) is 0 Å². The lowest BCUT2D eigenvalue weighted by Crippen LogP contribution is -2.49. The van der Waals surface area contributed by atoms with Gasteiger partial charge in [-0.15, -0.1) is 0 Å². The molecule has 3 heterocycles. The zero-order valence-corrected chi connectivity index (χ0v) is 15.8. The van der Waals surface area contributed by atoms with Gasteiger partial charge in [-0.25, -0.2) is 0 Å². The summed E-state index contributed by atoms with van der Waals surface area (Å²) in [6.45, 7) is 7.34. The van der Waals surface area contributed by atoms with E-state index in [4.69, 9.17) is 9.47 Å². The van der Waals surface area contributed by atoms with Crippen LogP contribution in [-0.2, 0) is 4.74 Å². The highest BCUT2D eigenvalue weighted by atomic mass is 16.5. The Morgan fingerprint density at radius 2 is 2.15 bits per heavy atom. The third-order valence-corrected chi connectivity index (χ3v) is 6.12. The Labute approximate surface area is 156 Å². The van der Waals surface area contributed by atoms with E-state index in [-0.39, 0.29) is 11.5 Å². The van der Waals surface area contributed by atoms with Gasteiger partial charge in [0.2, 0.25) is 0 Å². The molecule has 1 aromatic carbocycles. The van der Waals surface area contributed by atoms with Gasteiger partial charge in [0, 0.05) is 24.8 Å². The van der Waals surface area contributed by atoms with Gasteiger partial charge >= 0.3 is 0 Å². The monoisotopic (exact) mass is 358 g/mol. The molecule has 1 aromatic rings. The second-order valence-electron chi connectivity index (χ2n) is 7.86. The lowest BCUT2D eigenvalue weighted by molar-refractivity contribution is -0.0946. The number of hydrogen-bond donors (Lipinski definition) is 0. The summed E-state index contributed by atoms with van der Waals surface area (Å²) in [5.41, 5.74) is 0.568. The van der Waals surface area contributed by atoms with Gasteiger partial charge in [-0.1, -0.05) is 6.07 Å². The van der Waals surface area contributed by atoms with E-state index in [0.29, 0.717) is 18.2 Å². The van der Waals surface area contributed by atoms with Crippen molar-refractivity contribution < 1.29 is 14.3 Å². The summed E-state index contributed by atoms with van der Waals surface area (Å²) in [7, 11) is 0. The zero-order chi connectivity index (χ0) is 18.0. The van der Waals surface area contributed by atoms with Crippen LogP contribution in [0.1, 0.15) is 49.4 Å². The molecular formula is C21H30N2O3. The smallest absolute Gasteiger partial charge is 0.254 e. The van der Waals surface area contributed by atoms with Crippen LogP contribution in [0, 0.1) is 0 Å². The Kier molecular flexibility index (Phi) is 5.18. The Hall–Kier alpha value is -1.59. The lowest BCUT2D eigenvalue weighted by atomic mass is 9.89. The molecular weight excluding hydrogens is 328 g/mol. The number of rotatable bonds is 4. The van der Waals surface area contributed by atoms with Crippen LogP contribution < -0.4 is 4.74 Å². The van der Waals surface area contributed by atoms with E-state index in [1.165, 1.54) is 25.9 Å². The van der Waals surface area contributed by atoms with Crippen LogP contribution in [0.5, 0.6) is 5.75 Å². The van der Waals surface area contributed by atoms with Gasteiger partial charge in [-0.2, -0.15) is 0 Å². The highest BCUT2D eigenvalue weighted by molar-refractivity contribution is 5.94. The Morgan fingerprint density at radius 1 is 1.31 bits per heavy atom. The van der Waals surface area contributed by atoms with Gasteiger partial charge in [0.1, 0.15) is 5.75 Å². The van der Waals surface area contributed by atoms with E-state index in [0.717, 1.165) is 44.7 Å². The molecule has 1 amide bonds. The van der Waals surface area contributed by atoms with Gasteiger partial charge in [0.05, 0.1) is 18.8 Å². The normalized spacial score (nSPS) is 29.4.